The molecule has 2 N–H and O–H groups in total. The van der Waals surface area contributed by atoms with Gasteiger partial charge in [-0.15, -0.1) is 0 Å². The van der Waals surface area contributed by atoms with Crippen molar-refractivity contribution in [3.8, 4) is 0 Å². The molecule has 0 saturated heterocycles. The van der Waals surface area contributed by atoms with E-state index in [1.54, 1.807) is 31.2 Å². The lowest BCUT2D eigenvalue weighted by atomic mass is 9.96. The molecule has 0 spiro atoms. The molecule has 0 aliphatic rings. The predicted molar refractivity (Wildman–Crippen MR) is 66.5 cm³/mol. The molecular weight excluding hydrogens is 234 g/mol. The number of hydrogen-bond acceptors (Lipinski definition) is 3. The van der Waals surface area contributed by atoms with E-state index in [9.17, 15) is 14.4 Å². The normalized spacial score (nSPS) is 11.7. The van der Waals surface area contributed by atoms with Crippen LogP contribution in [0.15, 0.2) is 24.3 Å². The number of carboxylic acids is 1. The maximum absolute atomic E-state index is 11.9. The molecule has 1 rings (SSSR count). The number of aliphatic carboxylic acids is 1. The van der Waals surface area contributed by atoms with Crippen LogP contribution >= 0.6 is 0 Å². The minimum atomic E-state index is -0.995. The minimum absolute atomic E-state index is 0.187. The molecule has 1 atom stereocenters. The predicted octanol–water partition coefficient (Wildman–Crippen LogP) is 1.94. The fraction of sp³-hybridized carbons (Fsp3) is 0.308. The average Bonchev–Trinajstić information content (AvgIpc) is 2.27. The highest BCUT2D eigenvalue weighted by Crippen LogP contribution is 2.15. The molecule has 1 unspecified atom stereocenters. The van der Waals surface area contributed by atoms with Gasteiger partial charge < -0.3 is 10.4 Å². The molecule has 0 aliphatic carbocycles. The van der Waals surface area contributed by atoms with E-state index in [0.29, 0.717) is 11.3 Å². The first-order chi connectivity index (χ1) is 8.40. The van der Waals surface area contributed by atoms with Crippen molar-refractivity contribution in [1.29, 1.82) is 0 Å². The van der Waals surface area contributed by atoms with Gasteiger partial charge in [0.2, 0.25) is 5.91 Å². The van der Waals surface area contributed by atoms with Gasteiger partial charge in [-0.05, 0) is 24.3 Å². The lowest BCUT2D eigenvalue weighted by Crippen LogP contribution is -2.15. The summed E-state index contributed by atoms with van der Waals surface area (Å²) < 4.78 is 0. The topological polar surface area (TPSA) is 83.5 Å². The second-order valence-corrected chi connectivity index (χ2v) is 4.12. The first-order valence-corrected chi connectivity index (χ1v) is 5.54. The third-order valence-electron chi connectivity index (χ3n) is 2.42. The van der Waals surface area contributed by atoms with Crippen LogP contribution in [0.2, 0.25) is 0 Å². The van der Waals surface area contributed by atoms with E-state index < -0.39 is 11.9 Å². The van der Waals surface area contributed by atoms with Crippen molar-refractivity contribution >= 4 is 23.3 Å². The number of hydrogen-bond donors (Lipinski definition) is 2. The Morgan fingerprint density at radius 2 is 1.78 bits per heavy atom. The SMILES string of the molecule is CC(=O)Nc1ccc(C(=O)C(C)CC(=O)O)cc1. The molecule has 18 heavy (non-hydrogen) atoms. The van der Waals surface area contributed by atoms with E-state index in [1.807, 2.05) is 0 Å². The van der Waals surface area contributed by atoms with Crippen LogP contribution in [0.5, 0.6) is 0 Å². The van der Waals surface area contributed by atoms with Crippen molar-refractivity contribution in [2.45, 2.75) is 20.3 Å². The number of carboxylic acid groups (broad SMARTS) is 1. The van der Waals surface area contributed by atoms with Gasteiger partial charge in [0.15, 0.2) is 5.78 Å². The van der Waals surface area contributed by atoms with E-state index in [-0.39, 0.29) is 18.1 Å². The molecule has 5 heteroatoms. The Morgan fingerprint density at radius 3 is 2.22 bits per heavy atom. The van der Waals surface area contributed by atoms with Crippen LogP contribution in [-0.4, -0.2) is 22.8 Å². The van der Waals surface area contributed by atoms with Gasteiger partial charge >= 0.3 is 5.97 Å². The van der Waals surface area contributed by atoms with Crippen LogP contribution < -0.4 is 5.32 Å². The molecule has 96 valence electrons. The van der Waals surface area contributed by atoms with Gasteiger partial charge in [-0.2, -0.15) is 0 Å². The Labute approximate surface area is 105 Å². The van der Waals surface area contributed by atoms with Gasteiger partial charge in [-0.3, -0.25) is 14.4 Å². The van der Waals surface area contributed by atoms with E-state index in [1.165, 1.54) is 6.92 Å². The number of anilines is 1. The van der Waals surface area contributed by atoms with E-state index in [0.717, 1.165) is 0 Å². The first kappa shape index (κ1) is 13.9. The summed E-state index contributed by atoms with van der Waals surface area (Å²) >= 11 is 0. The van der Waals surface area contributed by atoms with Gasteiger partial charge in [-0.25, -0.2) is 0 Å². The monoisotopic (exact) mass is 249 g/mol. The molecule has 1 aromatic rings. The van der Waals surface area contributed by atoms with Crippen molar-refractivity contribution in [3.05, 3.63) is 29.8 Å². The lowest BCUT2D eigenvalue weighted by Gasteiger charge is -2.08. The van der Waals surface area contributed by atoms with Gasteiger partial charge in [0.25, 0.3) is 0 Å². The Kier molecular flexibility index (Phi) is 4.59. The molecular formula is C13H15NO4. The maximum Gasteiger partial charge on any atom is 0.304 e. The summed E-state index contributed by atoms with van der Waals surface area (Å²) in [6.45, 7) is 2.98. The zero-order valence-electron chi connectivity index (χ0n) is 10.3. The number of carbonyl (C=O) groups excluding carboxylic acids is 2. The van der Waals surface area contributed by atoms with E-state index in [4.69, 9.17) is 5.11 Å². The lowest BCUT2D eigenvalue weighted by molar-refractivity contribution is -0.137. The first-order valence-electron chi connectivity index (χ1n) is 5.54. The van der Waals surface area contributed by atoms with Gasteiger partial charge in [0, 0.05) is 24.1 Å². The van der Waals surface area contributed by atoms with Crippen molar-refractivity contribution in [2.75, 3.05) is 5.32 Å². The second kappa shape index (κ2) is 5.95. The highest BCUT2D eigenvalue weighted by atomic mass is 16.4. The van der Waals surface area contributed by atoms with Gasteiger partial charge in [0.05, 0.1) is 6.42 Å². The van der Waals surface area contributed by atoms with Gasteiger partial charge in [0.1, 0.15) is 0 Å². The number of carbonyl (C=O) groups is 3. The van der Waals surface area contributed by atoms with Crippen LogP contribution in [0.4, 0.5) is 5.69 Å². The Hall–Kier alpha value is -2.17. The number of Topliss-reactive ketones (excluding diaryl/α,β-unsaturated/α-hetero) is 1. The second-order valence-electron chi connectivity index (χ2n) is 4.12. The average molecular weight is 249 g/mol. The van der Waals surface area contributed by atoms with Crippen LogP contribution in [0.25, 0.3) is 0 Å². The summed E-state index contributed by atoms with van der Waals surface area (Å²) in [4.78, 5) is 33.2. The number of amides is 1. The van der Waals surface area contributed by atoms with E-state index in [2.05, 4.69) is 5.32 Å². The zero-order chi connectivity index (χ0) is 13.7. The molecule has 5 nitrogen and oxygen atoms in total. The number of nitrogens with one attached hydrogen (secondary N) is 1. The van der Waals surface area contributed by atoms with E-state index >= 15 is 0 Å². The summed E-state index contributed by atoms with van der Waals surface area (Å²) in [5.74, 6) is -1.96. The molecule has 1 amide bonds. The molecule has 0 saturated carbocycles. The summed E-state index contributed by atoms with van der Waals surface area (Å²) in [7, 11) is 0. The van der Waals surface area contributed by atoms with Crippen LogP contribution in [-0.2, 0) is 9.59 Å². The van der Waals surface area contributed by atoms with Gasteiger partial charge in [-0.1, -0.05) is 6.92 Å². The molecule has 0 aromatic heterocycles. The van der Waals surface area contributed by atoms with Crippen molar-refractivity contribution < 1.29 is 19.5 Å². The zero-order valence-corrected chi connectivity index (χ0v) is 10.3. The summed E-state index contributed by atoms with van der Waals surface area (Å²) in [6, 6.07) is 6.38. The summed E-state index contributed by atoms with van der Waals surface area (Å²) in [5, 5.41) is 11.2. The van der Waals surface area contributed by atoms with Crippen LogP contribution in [0, 0.1) is 5.92 Å². The standard InChI is InChI=1S/C13H15NO4/c1-8(7-12(16)17)13(18)10-3-5-11(6-4-10)14-9(2)15/h3-6,8H,7H2,1-2H3,(H,14,15)(H,16,17). The molecule has 0 radical (unpaired) electrons. The molecule has 0 bridgehead atoms. The number of benzene rings is 1. The molecule has 0 fully saturated rings. The smallest absolute Gasteiger partial charge is 0.304 e. The Balaban J connectivity index is 2.75. The van der Waals surface area contributed by atoms with Crippen LogP contribution in [0.1, 0.15) is 30.6 Å². The number of rotatable bonds is 5. The largest absolute Gasteiger partial charge is 0.481 e. The Bertz CT molecular complexity index is 464. The highest BCUT2D eigenvalue weighted by Gasteiger charge is 2.17. The summed E-state index contributed by atoms with van der Waals surface area (Å²) in [6.07, 6.45) is -0.188. The van der Waals surface area contributed by atoms with Crippen LogP contribution in [0.3, 0.4) is 0 Å². The van der Waals surface area contributed by atoms with Crippen molar-refractivity contribution in [2.24, 2.45) is 5.92 Å². The van der Waals surface area contributed by atoms with Crippen molar-refractivity contribution in [1.82, 2.24) is 0 Å². The summed E-state index contributed by atoms with van der Waals surface area (Å²) in [5.41, 5.74) is 1.04. The van der Waals surface area contributed by atoms with Crippen molar-refractivity contribution in [3.63, 3.8) is 0 Å². The fourth-order valence-electron chi connectivity index (χ4n) is 1.56. The maximum atomic E-state index is 11.9. The molecule has 0 aliphatic heterocycles. The number of ketones is 1. The third kappa shape index (κ3) is 4.01. The quantitative estimate of drug-likeness (QED) is 0.781. The Morgan fingerprint density at radius 1 is 1.22 bits per heavy atom. The molecule has 1 aromatic carbocycles. The fourth-order valence-corrected chi connectivity index (χ4v) is 1.56. The minimum Gasteiger partial charge on any atom is -0.481 e. The highest BCUT2D eigenvalue weighted by molar-refractivity contribution is 5.99. The molecule has 0 heterocycles. The third-order valence-corrected chi connectivity index (χ3v) is 2.42.